The van der Waals surface area contributed by atoms with Crippen molar-refractivity contribution >= 4 is 31.5 Å². The summed E-state index contributed by atoms with van der Waals surface area (Å²) in [7, 11) is 3.91. The smallest absolute Gasteiger partial charge is 0.472 e. The maximum Gasteiger partial charge on any atom is 0.472 e. The first kappa shape index (κ1) is 57.3. The van der Waals surface area contributed by atoms with Gasteiger partial charge in [0, 0.05) is 45.7 Å². The van der Waals surface area contributed by atoms with Crippen LogP contribution in [0.4, 0.5) is 0 Å². The van der Waals surface area contributed by atoms with Crippen LogP contribution in [-0.4, -0.2) is 194 Å². The van der Waals surface area contributed by atoms with Crippen LogP contribution in [0.2, 0.25) is 0 Å². The molecule has 0 amide bonds. The number of benzene rings is 1. The predicted octanol–water partition coefficient (Wildman–Crippen LogP) is 6.04. The second-order valence-corrected chi connectivity index (χ2v) is 20.8. The zero-order chi connectivity index (χ0) is 47.3. The van der Waals surface area contributed by atoms with Crippen LogP contribution in [0.5, 0.6) is 0 Å². The lowest BCUT2D eigenvalue weighted by Crippen LogP contribution is -2.56. The Bertz CT molecular complexity index is 1530. The molecule has 1 aliphatic rings. The van der Waals surface area contributed by atoms with Crippen LogP contribution >= 0.6 is 7.82 Å². The Labute approximate surface area is 384 Å². The number of phosphoric ester groups is 1. The van der Waals surface area contributed by atoms with Gasteiger partial charge in [0.25, 0.3) is 0 Å². The van der Waals surface area contributed by atoms with E-state index in [4.69, 9.17) is 9.05 Å². The molecule has 1 heterocycles. The van der Waals surface area contributed by atoms with E-state index in [0.717, 1.165) is 37.7 Å². The molecule has 2 atom stereocenters. The molecule has 0 saturated carbocycles. The number of phosphoric acid groups is 1. The summed E-state index contributed by atoms with van der Waals surface area (Å²) in [5, 5.41) is 28.6. The average molecular weight is 928 g/mol. The van der Waals surface area contributed by atoms with Crippen molar-refractivity contribution in [2.45, 2.75) is 116 Å². The summed E-state index contributed by atoms with van der Waals surface area (Å²) in [6.07, 6.45) is 20.7. The number of likely N-dealkylation sites (N-methyl/N-ethyl adjacent to an activating group) is 2. The van der Waals surface area contributed by atoms with Crippen molar-refractivity contribution < 1.29 is 62.0 Å². The monoisotopic (exact) mass is 928 g/mol. The minimum Gasteiger partial charge on any atom is -0.480 e. The highest BCUT2D eigenvalue weighted by Gasteiger charge is 2.29. The normalized spacial score (nSPS) is 18.5. The number of rotatable bonds is 34. The van der Waals surface area contributed by atoms with Crippen LogP contribution < -0.4 is 0 Å². The fourth-order valence-electron chi connectivity index (χ4n) is 8.03. The lowest BCUT2D eigenvalue weighted by Gasteiger charge is -2.38. The molecule has 1 unspecified atom stereocenters. The van der Waals surface area contributed by atoms with E-state index in [1.165, 1.54) is 82.6 Å². The van der Waals surface area contributed by atoms with E-state index in [9.17, 15) is 44.0 Å². The van der Waals surface area contributed by atoms with Crippen molar-refractivity contribution in [3.05, 3.63) is 35.4 Å². The van der Waals surface area contributed by atoms with Crippen molar-refractivity contribution in [3.8, 4) is 0 Å². The molecule has 0 bridgehead atoms. The van der Waals surface area contributed by atoms with E-state index >= 15 is 0 Å². The van der Waals surface area contributed by atoms with Crippen LogP contribution in [-0.2, 0) is 45.6 Å². The maximum atomic E-state index is 13.4. The number of carbonyl (C=O) groups excluding carboxylic acids is 1. The molecular formula is C47H86N5O11P+2. The number of hydrogen-bond acceptors (Lipinski definition) is 10. The predicted molar refractivity (Wildman–Crippen MR) is 250 cm³/mol. The number of unbranched alkanes of at least 4 members (excludes halogenated alkanes) is 15. The van der Waals surface area contributed by atoms with Crippen molar-refractivity contribution in [1.82, 2.24) is 14.7 Å². The second-order valence-electron chi connectivity index (χ2n) is 19.3. The molecule has 1 fully saturated rings. The van der Waals surface area contributed by atoms with E-state index in [-0.39, 0.29) is 56.1 Å². The maximum absolute atomic E-state index is 13.4. The number of nitrogens with zero attached hydrogens (tertiary/aromatic N) is 5. The fraction of sp³-hybridized carbons (Fsp3) is 0.787. The zero-order valence-corrected chi connectivity index (χ0v) is 40.9. The van der Waals surface area contributed by atoms with E-state index in [1.807, 2.05) is 45.2 Å². The molecule has 0 radical (unpaired) electrons. The summed E-state index contributed by atoms with van der Waals surface area (Å²) in [5.74, 6) is -2.86. The van der Waals surface area contributed by atoms with E-state index in [2.05, 4.69) is 12.1 Å². The summed E-state index contributed by atoms with van der Waals surface area (Å²) in [6.45, 7) is 3.91. The lowest BCUT2D eigenvalue weighted by molar-refractivity contribution is -0.901. The van der Waals surface area contributed by atoms with Crippen LogP contribution in [0.1, 0.15) is 114 Å². The molecule has 1 aliphatic heterocycles. The number of aliphatic carboxylic acids is 3. The fourth-order valence-corrected chi connectivity index (χ4v) is 8.78. The number of Topliss-reactive ketones (excluding diaryl/α,β-unsaturated/α-hetero) is 1. The summed E-state index contributed by atoms with van der Waals surface area (Å²) < 4.78 is 22.9. The zero-order valence-electron chi connectivity index (χ0n) is 40.0. The topological polar surface area (TPSA) is 194 Å². The third-order valence-corrected chi connectivity index (χ3v) is 13.1. The van der Waals surface area contributed by atoms with Crippen molar-refractivity contribution in [2.75, 3.05) is 126 Å². The van der Waals surface area contributed by atoms with Gasteiger partial charge in [-0.2, -0.15) is 0 Å². The molecule has 1 aromatic rings. The quantitative estimate of drug-likeness (QED) is 0.0355. The Kier molecular flexibility index (Phi) is 28.7. The molecule has 0 aromatic heterocycles. The number of ketones is 1. The first-order valence-electron chi connectivity index (χ1n) is 24.0. The highest BCUT2D eigenvalue weighted by Crippen LogP contribution is 2.43. The molecule has 0 spiro atoms. The second kappa shape index (κ2) is 32.0. The summed E-state index contributed by atoms with van der Waals surface area (Å²) in [5.41, 5.74) is 2.22. The average Bonchev–Trinajstić information content (AvgIpc) is 3.19. The van der Waals surface area contributed by atoms with Gasteiger partial charge in [0.1, 0.15) is 13.2 Å². The van der Waals surface area contributed by atoms with E-state index in [1.54, 1.807) is 9.80 Å². The standard InChI is InChI=1S/C47H84N5O11P/c1-51(2,3)34-36-63-64(60,61)62-35-20-18-16-14-12-10-8-6-5-7-9-11-13-15-17-19-21-42-22-24-43(25-23-42)37-44(53)38-49-28-26-48(39-45(54)55)27-29-50(40-46(56)57)31-33-52(4,32-30-49)41-47(58)59/h22-25H,5-21,26-41H2,1-4H3,(H2-2,54,55,56,57,58,59,60,61)/p+2/t52-/m0/s1. The number of carbonyl (C=O) groups is 4. The number of carboxylic acid groups (broad SMARTS) is 3. The van der Waals surface area contributed by atoms with Gasteiger partial charge in [-0.3, -0.25) is 38.1 Å². The largest absolute Gasteiger partial charge is 0.480 e. The highest BCUT2D eigenvalue weighted by molar-refractivity contribution is 7.47. The highest BCUT2D eigenvalue weighted by atomic mass is 31.2. The molecule has 368 valence electrons. The molecule has 1 aromatic carbocycles. The Morgan fingerprint density at radius 2 is 0.969 bits per heavy atom. The van der Waals surface area contributed by atoms with Gasteiger partial charge in [-0.05, 0) is 30.4 Å². The van der Waals surface area contributed by atoms with Gasteiger partial charge in [-0.25, -0.2) is 9.36 Å². The number of hydrogen-bond donors (Lipinski definition) is 4. The van der Waals surface area contributed by atoms with Gasteiger partial charge in [-0.1, -0.05) is 114 Å². The third-order valence-electron chi connectivity index (χ3n) is 12.1. The SMILES string of the molecule is C[N+](C)(C)CCOP(=O)(O)OCCCCCCCCCCCCCCCCCCc1ccc(CC(=O)CN2CCN(CC(=O)O)CCN(CC(=O)O)CC[N@@+](C)(CC(=O)O)CC2)cc1. The van der Waals surface area contributed by atoms with Gasteiger partial charge in [-0.15, -0.1) is 0 Å². The van der Waals surface area contributed by atoms with Gasteiger partial charge in [0.15, 0.2) is 12.3 Å². The van der Waals surface area contributed by atoms with Crippen LogP contribution in [0.15, 0.2) is 24.3 Å². The Hall–Kier alpha value is -2.79. The Balaban J connectivity index is 1.58. The molecule has 0 aliphatic carbocycles. The van der Waals surface area contributed by atoms with Gasteiger partial charge in [0.2, 0.25) is 0 Å². The Morgan fingerprint density at radius 3 is 1.41 bits per heavy atom. The minimum atomic E-state index is -3.95. The molecule has 4 N–H and O–H groups in total. The number of quaternary nitrogens is 2. The van der Waals surface area contributed by atoms with Crippen molar-refractivity contribution in [2.24, 2.45) is 0 Å². The summed E-state index contributed by atoms with van der Waals surface area (Å²) in [6, 6.07) is 8.30. The van der Waals surface area contributed by atoms with Gasteiger partial charge >= 0.3 is 25.7 Å². The molecule has 17 heteroatoms. The van der Waals surface area contributed by atoms with Crippen LogP contribution in [0.25, 0.3) is 0 Å². The first-order chi connectivity index (χ1) is 30.3. The van der Waals surface area contributed by atoms with Crippen molar-refractivity contribution in [1.29, 1.82) is 0 Å². The molecule has 64 heavy (non-hydrogen) atoms. The summed E-state index contributed by atoms with van der Waals surface area (Å²) >= 11 is 0. The van der Waals surface area contributed by atoms with Gasteiger partial charge in [0.05, 0.1) is 67.5 Å². The van der Waals surface area contributed by atoms with Crippen molar-refractivity contribution in [3.63, 3.8) is 0 Å². The van der Waals surface area contributed by atoms with Crippen LogP contribution in [0.3, 0.4) is 0 Å². The van der Waals surface area contributed by atoms with E-state index < -0.39 is 25.7 Å². The Morgan fingerprint density at radius 1 is 0.578 bits per heavy atom. The molecule has 1 saturated heterocycles. The lowest BCUT2D eigenvalue weighted by atomic mass is 10.0. The first-order valence-corrected chi connectivity index (χ1v) is 25.5. The minimum absolute atomic E-state index is 0.0455. The van der Waals surface area contributed by atoms with Gasteiger partial charge < -0.3 is 29.2 Å². The third kappa shape index (κ3) is 30.4. The number of carboxylic acids is 3. The molecule has 2 rings (SSSR count). The molecular weight excluding hydrogens is 842 g/mol. The number of aryl methyl sites for hydroxylation is 1. The van der Waals surface area contributed by atoms with Crippen LogP contribution in [0, 0.1) is 0 Å². The van der Waals surface area contributed by atoms with E-state index in [0.29, 0.717) is 63.4 Å². The molecule has 16 nitrogen and oxygen atoms in total. The summed E-state index contributed by atoms with van der Waals surface area (Å²) in [4.78, 5) is 63.6.